The molecule has 3 aliphatic carbocycles. The van der Waals surface area contributed by atoms with E-state index in [4.69, 9.17) is 0 Å². The van der Waals surface area contributed by atoms with E-state index < -0.39 is 0 Å². The lowest BCUT2D eigenvalue weighted by Crippen LogP contribution is -2.14. The minimum atomic E-state index is 0.242. The van der Waals surface area contributed by atoms with E-state index in [0.29, 0.717) is 0 Å². The van der Waals surface area contributed by atoms with E-state index in [1.807, 2.05) is 0 Å². The Morgan fingerprint density at radius 2 is 2.06 bits per heavy atom. The van der Waals surface area contributed by atoms with Crippen molar-refractivity contribution in [3.05, 3.63) is 65.8 Å². The summed E-state index contributed by atoms with van der Waals surface area (Å²) in [5.74, 6) is 0. The first-order valence-corrected chi connectivity index (χ1v) is 5.88. The van der Waals surface area contributed by atoms with Crippen molar-refractivity contribution in [3.63, 3.8) is 0 Å². The Hall–Kier alpha value is -1.56. The maximum absolute atomic E-state index is 4.36. The summed E-state index contributed by atoms with van der Waals surface area (Å²) < 4.78 is 0. The first-order chi connectivity index (χ1) is 7.72. The van der Waals surface area contributed by atoms with Crippen LogP contribution in [0, 0.1) is 5.41 Å². The van der Waals surface area contributed by atoms with Crippen molar-refractivity contribution >= 4 is 5.57 Å². The van der Waals surface area contributed by atoms with Crippen molar-refractivity contribution in [1.82, 2.24) is 0 Å². The fourth-order valence-corrected chi connectivity index (χ4v) is 3.96. The lowest BCUT2D eigenvalue weighted by atomic mass is 9.82. The fraction of sp³-hybridized carbons (Fsp3) is 0.250. The highest BCUT2D eigenvalue weighted by Crippen LogP contribution is 2.80. The number of allylic oxidation sites excluding steroid dienone is 5. The molecule has 0 N–H and O–H groups in total. The van der Waals surface area contributed by atoms with E-state index in [2.05, 4.69) is 56.0 Å². The molecule has 1 aromatic rings. The first-order valence-electron chi connectivity index (χ1n) is 5.88. The van der Waals surface area contributed by atoms with Gasteiger partial charge in [0.1, 0.15) is 0 Å². The van der Waals surface area contributed by atoms with Crippen LogP contribution in [0.1, 0.15) is 24.5 Å². The van der Waals surface area contributed by atoms with Gasteiger partial charge in [0.15, 0.2) is 0 Å². The number of hydrogen-bond acceptors (Lipinski definition) is 0. The van der Waals surface area contributed by atoms with Gasteiger partial charge >= 0.3 is 0 Å². The molecule has 0 heteroatoms. The molecule has 0 heterocycles. The third kappa shape index (κ3) is 0.615. The normalized spacial score (nSPS) is 37.6. The molecule has 0 spiro atoms. The molecule has 0 aromatic heterocycles. The van der Waals surface area contributed by atoms with E-state index in [1.54, 1.807) is 0 Å². The molecule has 2 unspecified atom stereocenters. The molecule has 78 valence electrons. The van der Waals surface area contributed by atoms with Gasteiger partial charge in [0, 0.05) is 10.8 Å². The Balaban J connectivity index is 2.09. The van der Waals surface area contributed by atoms with Crippen LogP contribution in [0.15, 0.2) is 54.6 Å². The average molecular weight is 206 g/mol. The standard InChI is InChI=1S/C16H14/c1-11-6-5-9-15-10-16(11,15)12(2)13-7-3-4-8-14(13)15/h3-9H,2,10H2,1H3. The third-order valence-corrected chi connectivity index (χ3v) is 4.83. The van der Waals surface area contributed by atoms with Crippen LogP contribution in [0.3, 0.4) is 0 Å². The highest BCUT2D eigenvalue weighted by Gasteiger charge is 2.73. The molecule has 3 aliphatic rings. The average Bonchev–Trinajstić information content (AvgIpc) is 2.96. The van der Waals surface area contributed by atoms with Gasteiger partial charge in [-0.1, -0.05) is 54.6 Å². The molecular formula is C16H14. The summed E-state index contributed by atoms with van der Waals surface area (Å²) in [7, 11) is 0. The molecular weight excluding hydrogens is 192 g/mol. The van der Waals surface area contributed by atoms with Crippen LogP contribution in [-0.2, 0) is 5.41 Å². The van der Waals surface area contributed by atoms with Gasteiger partial charge in [-0.2, -0.15) is 0 Å². The third-order valence-electron chi connectivity index (χ3n) is 4.83. The predicted octanol–water partition coefficient (Wildman–Crippen LogP) is 3.86. The highest BCUT2D eigenvalue weighted by atomic mass is 14.7. The quantitative estimate of drug-likeness (QED) is 0.604. The van der Waals surface area contributed by atoms with Gasteiger partial charge in [0.05, 0.1) is 0 Å². The first kappa shape index (κ1) is 8.58. The summed E-state index contributed by atoms with van der Waals surface area (Å²) >= 11 is 0. The van der Waals surface area contributed by atoms with Crippen LogP contribution in [0.5, 0.6) is 0 Å². The van der Waals surface area contributed by atoms with Gasteiger partial charge in [-0.25, -0.2) is 0 Å². The second kappa shape index (κ2) is 2.24. The summed E-state index contributed by atoms with van der Waals surface area (Å²) in [6.07, 6.45) is 8.09. The minimum absolute atomic E-state index is 0.242. The number of benzene rings is 1. The van der Waals surface area contributed by atoms with E-state index in [-0.39, 0.29) is 10.8 Å². The molecule has 4 rings (SSSR count). The Morgan fingerprint density at radius 3 is 2.94 bits per heavy atom. The molecule has 0 nitrogen and oxygen atoms in total. The summed E-state index contributed by atoms with van der Waals surface area (Å²) in [5, 5.41) is 0. The summed E-state index contributed by atoms with van der Waals surface area (Å²) in [6, 6.07) is 8.77. The zero-order valence-electron chi connectivity index (χ0n) is 9.46. The van der Waals surface area contributed by atoms with Crippen molar-refractivity contribution in [1.29, 1.82) is 0 Å². The number of fused-ring (bicyclic) bond motifs is 1. The zero-order chi connectivity index (χ0) is 11.0. The van der Waals surface area contributed by atoms with E-state index in [1.165, 1.54) is 28.7 Å². The predicted molar refractivity (Wildman–Crippen MR) is 67.1 cm³/mol. The topological polar surface area (TPSA) is 0 Å². The van der Waals surface area contributed by atoms with Gasteiger partial charge in [-0.05, 0) is 30.0 Å². The van der Waals surface area contributed by atoms with Crippen molar-refractivity contribution in [2.45, 2.75) is 18.8 Å². The Bertz CT molecular complexity index is 588. The molecule has 16 heavy (non-hydrogen) atoms. The minimum Gasteiger partial charge on any atom is -0.0943 e. The van der Waals surface area contributed by atoms with Gasteiger partial charge < -0.3 is 0 Å². The Labute approximate surface area is 96.0 Å². The maximum Gasteiger partial charge on any atom is 0.0306 e. The largest absolute Gasteiger partial charge is 0.0943 e. The van der Waals surface area contributed by atoms with Gasteiger partial charge in [0.25, 0.3) is 0 Å². The molecule has 0 bridgehead atoms. The molecule has 0 saturated heterocycles. The molecule has 1 saturated carbocycles. The van der Waals surface area contributed by atoms with Crippen LogP contribution in [0.25, 0.3) is 5.57 Å². The Kier molecular flexibility index (Phi) is 1.20. The van der Waals surface area contributed by atoms with Gasteiger partial charge in [0.2, 0.25) is 0 Å². The summed E-state index contributed by atoms with van der Waals surface area (Å²) in [6.45, 7) is 6.62. The van der Waals surface area contributed by atoms with Crippen molar-refractivity contribution in [2.75, 3.05) is 0 Å². The highest BCUT2D eigenvalue weighted by molar-refractivity contribution is 5.89. The van der Waals surface area contributed by atoms with Crippen LogP contribution < -0.4 is 0 Å². The SMILES string of the molecule is C=C1c2ccccc2C23C=CC=C(C)C12C3. The monoisotopic (exact) mass is 206 g/mol. The van der Waals surface area contributed by atoms with Gasteiger partial charge in [-0.15, -0.1) is 0 Å². The van der Waals surface area contributed by atoms with Crippen LogP contribution in [-0.4, -0.2) is 0 Å². The van der Waals surface area contributed by atoms with Gasteiger partial charge in [-0.3, -0.25) is 0 Å². The van der Waals surface area contributed by atoms with Crippen LogP contribution in [0.4, 0.5) is 0 Å². The molecule has 2 atom stereocenters. The van der Waals surface area contributed by atoms with E-state index in [9.17, 15) is 0 Å². The maximum atomic E-state index is 4.36. The lowest BCUT2D eigenvalue weighted by Gasteiger charge is -2.21. The number of hydrogen-bond donors (Lipinski definition) is 0. The molecule has 1 fully saturated rings. The summed E-state index contributed by atoms with van der Waals surface area (Å²) in [4.78, 5) is 0. The second-order valence-electron chi connectivity index (χ2n) is 5.29. The molecule has 1 aromatic carbocycles. The van der Waals surface area contributed by atoms with Crippen molar-refractivity contribution in [3.8, 4) is 0 Å². The zero-order valence-corrected chi connectivity index (χ0v) is 9.46. The second-order valence-corrected chi connectivity index (χ2v) is 5.29. The van der Waals surface area contributed by atoms with Crippen molar-refractivity contribution < 1.29 is 0 Å². The smallest absolute Gasteiger partial charge is 0.0306 e. The number of rotatable bonds is 0. The lowest BCUT2D eigenvalue weighted by molar-refractivity contribution is 0.706. The molecule has 0 radical (unpaired) electrons. The van der Waals surface area contributed by atoms with Crippen molar-refractivity contribution in [2.24, 2.45) is 5.41 Å². The molecule has 0 aliphatic heterocycles. The summed E-state index contributed by atoms with van der Waals surface area (Å²) in [5.41, 5.74) is 6.19. The molecule has 0 amide bonds. The van der Waals surface area contributed by atoms with E-state index in [0.717, 1.165) is 0 Å². The fourth-order valence-electron chi connectivity index (χ4n) is 3.96. The van der Waals surface area contributed by atoms with Crippen LogP contribution in [0.2, 0.25) is 0 Å². The van der Waals surface area contributed by atoms with Crippen LogP contribution >= 0.6 is 0 Å². The Morgan fingerprint density at radius 1 is 1.25 bits per heavy atom. The van der Waals surface area contributed by atoms with E-state index >= 15 is 0 Å².